The molecule has 5 nitrogen and oxygen atoms in total. The molecule has 1 saturated heterocycles. The van der Waals surface area contributed by atoms with Crippen LogP contribution < -0.4 is 10.2 Å². The molecule has 2 unspecified atom stereocenters. The van der Waals surface area contributed by atoms with Crippen LogP contribution in [0.2, 0.25) is 0 Å². The lowest BCUT2D eigenvalue weighted by Crippen LogP contribution is -2.41. The Hall–Kier alpha value is -1.72. The third-order valence-electron chi connectivity index (χ3n) is 3.32. The summed E-state index contributed by atoms with van der Waals surface area (Å²) in [6.45, 7) is 3.32. The van der Waals surface area contributed by atoms with Crippen molar-refractivity contribution in [1.82, 2.24) is 5.32 Å². The standard InChI is InChI=1S/C15H20N2O3/c1-11(10-20-2)9-16-13-8-14(18)17(15(13)19)12-6-4-3-5-7-12/h3-7,11,13,16H,8-10H2,1-2H3. The fourth-order valence-corrected chi connectivity index (χ4v) is 2.33. The summed E-state index contributed by atoms with van der Waals surface area (Å²) in [5.74, 6) is -0.0300. The van der Waals surface area contributed by atoms with E-state index in [1.807, 2.05) is 25.1 Å². The SMILES string of the molecule is COCC(C)CNC1CC(=O)N(c2ccccc2)C1=O. The zero-order valence-corrected chi connectivity index (χ0v) is 11.8. The van der Waals surface area contributed by atoms with Crippen LogP contribution in [0.1, 0.15) is 13.3 Å². The minimum absolute atomic E-state index is 0.155. The molecule has 0 saturated carbocycles. The van der Waals surface area contributed by atoms with Crippen LogP contribution in [-0.2, 0) is 14.3 Å². The van der Waals surface area contributed by atoms with Crippen LogP contribution in [0.3, 0.4) is 0 Å². The first-order valence-electron chi connectivity index (χ1n) is 6.77. The number of nitrogens with zero attached hydrogens (tertiary/aromatic N) is 1. The van der Waals surface area contributed by atoms with Crippen molar-refractivity contribution in [2.24, 2.45) is 5.92 Å². The van der Waals surface area contributed by atoms with Crippen LogP contribution in [0.5, 0.6) is 0 Å². The highest BCUT2D eigenvalue weighted by Crippen LogP contribution is 2.22. The maximum Gasteiger partial charge on any atom is 0.251 e. The lowest BCUT2D eigenvalue weighted by atomic mass is 10.1. The first kappa shape index (κ1) is 14.7. The number of anilines is 1. The van der Waals surface area contributed by atoms with E-state index in [0.717, 1.165) is 0 Å². The second kappa shape index (κ2) is 6.63. The third-order valence-corrected chi connectivity index (χ3v) is 3.32. The van der Waals surface area contributed by atoms with Gasteiger partial charge in [0.15, 0.2) is 0 Å². The van der Waals surface area contributed by atoms with Crippen LogP contribution in [0.25, 0.3) is 0 Å². The highest BCUT2D eigenvalue weighted by Gasteiger charge is 2.39. The van der Waals surface area contributed by atoms with Crippen molar-refractivity contribution in [3.05, 3.63) is 30.3 Å². The molecule has 1 heterocycles. The van der Waals surface area contributed by atoms with E-state index >= 15 is 0 Å². The van der Waals surface area contributed by atoms with Crippen LogP contribution >= 0.6 is 0 Å². The van der Waals surface area contributed by atoms with Crippen LogP contribution in [0.15, 0.2) is 30.3 Å². The lowest BCUT2D eigenvalue weighted by molar-refractivity contribution is -0.121. The number of amides is 2. The van der Waals surface area contributed by atoms with Crippen LogP contribution in [-0.4, -0.2) is 38.1 Å². The molecule has 1 fully saturated rings. The largest absolute Gasteiger partial charge is 0.384 e. The molecule has 1 aliphatic rings. The predicted molar refractivity (Wildman–Crippen MR) is 76.4 cm³/mol. The van der Waals surface area contributed by atoms with E-state index in [4.69, 9.17) is 4.74 Å². The summed E-state index contributed by atoms with van der Waals surface area (Å²) >= 11 is 0. The Balaban J connectivity index is 1.99. The van der Waals surface area contributed by atoms with Gasteiger partial charge in [-0.25, -0.2) is 4.90 Å². The quantitative estimate of drug-likeness (QED) is 0.793. The smallest absolute Gasteiger partial charge is 0.251 e. The number of rotatable bonds is 6. The van der Waals surface area contributed by atoms with Gasteiger partial charge >= 0.3 is 0 Å². The van der Waals surface area contributed by atoms with Crippen molar-refractivity contribution in [1.29, 1.82) is 0 Å². The van der Waals surface area contributed by atoms with E-state index in [0.29, 0.717) is 24.8 Å². The summed E-state index contributed by atoms with van der Waals surface area (Å²) in [7, 11) is 1.65. The molecule has 1 aromatic rings. The number of hydrogen-bond acceptors (Lipinski definition) is 4. The number of carbonyl (C=O) groups is 2. The highest BCUT2D eigenvalue weighted by molar-refractivity contribution is 6.22. The Labute approximate surface area is 118 Å². The number of imide groups is 1. The van der Waals surface area contributed by atoms with Crippen molar-refractivity contribution < 1.29 is 14.3 Å². The maximum absolute atomic E-state index is 12.3. The summed E-state index contributed by atoms with van der Waals surface area (Å²) in [4.78, 5) is 25.6. The van der Waals surface area contributed by atoms with E-state index in [1.54, 1.807) is 19.2 Å². The Kier molecular flexibility index (Phi) is 4.87. The van der Waals surface area contributed by atoms with Gasteiger partial charge in [0.25, 0.3) is 5.91 Å². The van der Waals surface area contributed by atoms with Gasteiger partial charge in [-0.1, -0.05) is 25.1 Å². The summed E-state index contributed by atoms with van der Waals surface area (Å²) in [6, 6.07) is 8.60. The predicted octanol–water partition coefficient (Wildman–Crippen LogP) is 1.19. The molecule has 1 N–H and O–H groups in total. The van der Waals surface area contributed by atoms with Crippen molar-refractivity contribution >= 4 is 17.5 Å². The second-order valence-corrected chi connectivity index (χ2v) is 5.13. The number of benzene rings is 1. The Morgan fingerprint density at radius 3 is 2.70 bits per heavy atom. The number of carbonyl (C=O) groups excluding carboxylic acids is 2. The summed E-state index contributed by atoms with van der Waals surface area (Å²) in [6.07, 6.45) is 0.216. The molecule has 0 aromatic heterocycles. The number of hydrogen-bond donors (Lipinski definition) is 1. The van der Waals surface area contributed by atoms with Gasteiger partial charge < -0.3 is 10.1 Å². The summed E-state index contributed by atoms with van der Waals surface area (Å²) in [5.41, 5.74) is 0.636. The summed E-state index contributed by atoms with van der Waals surface area (Å²) in [5, 5.41) is 3.15. The molecule has 0 aliphatic carbocycles. The van der Waals surface area contributed by atoms with Crippen molar-refractivity contribution in [2.75, 3.05) is 25.2 Å². The molecule has 5 heteroatoms. The normalized spacial score (nSPS) is 20.5. The molecule has 108 valence electrons. The van der Waals surface area contributed by atoms with E-state index in [2.05, 4.69) is 5.32 Å². The lowest BCUT2D eigenvalue weighted by Gasteiger charge is -2.17. The zero-order chi connectivity index (χ0) is 14.5. The van der Waals surface area contributed by atoms with Crippen LogP contribution in [0.4, 0.5) is 5.69 Å². The molecular weight excluding hydrogens is 256 g/mol. The number of nitrogens with one attached hydrogen (secondary N) is 1. The van der Waals surface area contributed by atoms with Crippen molar-refractivity contribution in [3.63, 3.8) is 0 Å². The number of ether oxygens (including phenoxy) is 1. The van der Waals surface area contributed by atoms with Gasteiger partial charge in [-0.05, 0) is 18.1 Å². The monoisotopic (exact) mass is 276 g/mol. The van der Waals surface area contributed by atoms with E-state index in [-0.39, 0.29) is 18.2 Å². The molecule has 2 amide bonds. The number of para-hydroxylation sites is 1. The Morgan fingerprint density at radius 1 is 1.35 bits per heavy atom. The minimum Gasteiger partial charge on any atom is -0.384 e. The highest BCUT2D eigenvalue weighted by atomic mass is 16.5. The first-order valence-corrected chi connectivity index (χ1v) is 6.77. The van der Waals surface area contributed by atoms with Gasteiger partial charge in [0.1, 0.15) is 0 Å². The summed E-state index contributed by atoms with van der Waals surface area (Å²) < 4.78 is 5.05. The third kappa shape index (κ3) is 3.23. The van der Waals surface area contributed by atoms with Gasteiger partial charge in [0, 0.05) is 20.3 Å². The average Bonchev–Trinajstić information content (AvgIpc) is 2.72. The zero-order valence-electron chi connectivity index (χ0n) is 11.8. The minimum atomic E-state index is -0.429. The van der Waals surface area contributed by atoms with Gasteiger partial charge in [0.2, 0.25) is 5.91 Å². The second-order valence-electron chi connectivity index (χ2n) is 5.13. The fraction of sp³-hybridized carbons (Fsp3) is 0.467. The van der Waals surface area contributed by atoms with E-state index in [9.17, 15) is 9.59 Å². The Morgan fingerprint density at radius 2 is 2.05 bits per heavy atom. The molecule has 2 atom stereocenters. The maximum atomic E-state index is 12.3. The molecule has 20 heavy (non-hydrogen) atoms. The first-order chi connectivity index (χ1) is 9.63. The van der Waals surface area contributed by atoms with E-state index in [1.165, 1.54) is 4.90 Å². The van der Waals surface area contributed by atoms with Gasteiger partial charge in [-0.15, -0.1) is 0 Å². The van der Waals surface area contributed by atoms with Crippen LogP contribution in [0, 0.1) is 5.92 Å². The molecule has 1 aliphatic heterocycles. The molecular formula is C15H20N2O3. The molecule has 2 rings (SSSR count). The molecule has 0 radical (unpaired) electrons. The van der Waals surface area contributed by atoms with Crippen molar-refractivity contribution in [2.45, 2.75) is 19.4 Å². The van der Waals surface area contributed by atoms with Crippen molar-refractivity contribution in [3.8, 4) is 0 Å². The topological polar surface area (TPSA) is 58.6 Å². The number of methoxy groups -OCH3 is 1. The van der Waals surface area contributed by atoms with Gasteiger partial charge in [0.05, 0.1) is 18.2 Å². The molecule has 1 aromatic carbocycles. The van der Waals surface area contributed by atoms with E-state index < -0.39 is 6.04 Å². The van der Waals surface area contributed by atoms with Gasteiger partial charge in [-0.2, -0.15) is 0 Å². The average molecular weight is 276 g/mol. The molecule has 0 spiro atoms. The molecule has 0 bridgehead atoms. The fourth-order valence-electron chi connectivity index (χ4n) is 2.33. The Bertz CT molecular complexity index is 475. The van der Waals surface area contributed by atoms with Gasteiger partial charge in [-0.3, -0.25) is 9.59 Å².